The van der Waals surface area contributed by atoms with Gasteiger partial charge in [0, 0.05) is 11.0 Å². The number of halogens is 1. The lowest BCUT2D eigenvalue weighted by molar-refractivity contribution is -0.139. The third-order valence-corrected chi connectivity index (χ3v) is 9.34. The van der Waals surface area contributed by atoms with E-state index in [1.807, 2.05) is 55.5 Å². The molecule has 1 atom stereocenters. The quantitative estimate of drug-likeness (QED) is 0.222. The Morgan fingerprint density at radius 2 is 1.98 bits per heavy atom. The third-order valence-electron chi connectivity index (χ3n) is 6.51. The van der Waals surface area contributed by atoms with Crippen LogP contribution in [0.15, 0.2) is 94.5 Å². The topological polar surface area (TPSA) is 92.3 Å². The Morgan fingerprint density at radius 1 is 1.17 bits per heavy atom. The molecule has 0 fully saturated rings. The van der Waals surface area contributed by atoms with E-state index >= 15 is 0 Å². The minimum atomic E-state index is -0.740. The molecule has 0 radical (unpaired) electrons. The molecule has 0 bridgehead atoms. The number of hydrogen-bond donors (Lipinski definition) is 0. The summed E-state index contributed by atoms with van der Waals surface area (Å²) < 4.78 is 25.5. The maximum absolute atomic E-state index is 14.0. The van der Waals surface area contributed by atoms with Crippen LogP contribution < -0.4 is 24.4 Å². The lowest BCUT2D eigenvalue weighted by Crippen LogP contribution is -2.40. The first kappa shape index (κ1) is 27.6. The second-order valence-corrected chi connectivity index (χ2v) is 12.1. The molecule has 2 aromatic carbocycles. The summed E-state index contributed by atoms with van der Waals surface area (Å²) in [5.74, 6) is 1.21. The molecule has 11 heteroatoms. The summed E-state index contributed by atoms with van der Waals surface area (Å²) in [4.78, 5) is 33.7. The van der Waals surface area contributed by atoms with Gasteiger partial charge in [-0.3, -0.25) is 9.36 Å². The van der Waals surface area contributed by atoms with E-state index in [2.05, 4.69) is 15.9 Å². The first-order valence-corrected chi connectivity index (χ1v) is 15.5. The van der Waals surface area contributed by atoms with Crippen LogP contribution in [0.5, 0.6) is 11.5 Å². The largest absolute Gasteiger partial charge is 0.463 e. The van der Waals surface area contributed by atoms with Gasteiger partial charge in [-0.25, -0.2) is 9.79 Å². The van der Waals surface area contributed by atoms with Gasteiger partial charge in [0.1, 0.15) is 5.76 Å². The zero-order chi connectivity index (χ0) is 28.5. The second-order valence-electron chi connectivity index (χ2n) is 9.23. The fourth-order valence-electron chi connectivity index (χ4n) is 4.75. The summed E-state index contributed by atoms with van der Waals surface area (Å²) in [7, 11) is 0. The number of nitrogens with zero attached hydrogens (tertiary/aromatic N) is 2. The number of benzene rings is 2. The smallest absolute Gasteiger partial charge is 0.338 e. The van der Waals surface area contributed by atoms with Crippen molar-refractivity contribution in [3.05, 3.63) is 101 Å². The van der Waals surface area contributed by atoms with Crippen LogP contribution in [0.2, 0.25) is 0 Å². The van der Waals surface area contributed by atoms with E-state index in [4.69, 9.17) is 23.6 Å². The lowest BCUT2D eigenvalue weighted by Gasteiger charge is -2.25. The van der Waals surface area contributed by atoms with Crippen LogP contribution in [0.3, 0.4) is 0 Å². The fraction of sp³-hybridized carbons (Fsp3) is 0.233. The summed E-state index contributed by atoms with van der Waals surface area (Å²) in [5, 5.41) is 0.684. The van der Waals surface area contributed by atoms with Gasteiger partial charge in [0.25, 0.3) is 5.56 Å². The SMILES string of the molecule is CCCC1=C(C(=O)OCC)[C@H](c2ccc3c(c2)OCO3)n2c(s/c(=C/c3cc(Br)c(Sc4ccccc4)o3)c2=O)=N1. The summed E-state index contributed by atoms with van der Waals surface area (Å²) in [6.45, 7) is 4.10. The van der Waals surface area contributed by atoms with Gasteiger partial charge in [-0.1, -0.05) is 60.7 Å². The van der Waals surface area contributed by atoms with Crippen LogP contribution >= 0.6 is 39.0 Å². The van der Waals surface area contributed by atoms with Crippen molar-refractivity contribution < 1.29 is 23.4 Å². The average Bonchev–Trinajstić information content (AvgIpc) is 3.66. The Morgan fingerprint density at radius 3 is 2.76 bits per heavy atom. The van der Waals surface area contributed by atoms with Crippen molar-refractivity contribution in [3.8, 4) is 11.5 Å². The normalized spacial score (nSPS) is 16.1. The van der Waals surface area contributed by atoms with Crippen molar-refractivity contribution in [2.45, 2.75) is 42.7 Å². The van der Waals surface area contributed by atoms with E-state index in [-0.39, 0.29) is 19.0 Å². The predicted molar refractivity (Wildman–Crippen MR) is 159 cm³/mol. The number of rotatable bonds is 8. The highest BCUT2D eigenvalue weighted by Crippen LogP contribution is 2.39. The van der Waals surface area contributed by atoms with Crippen LogP contribution in [0.1, 0.15) is 44.1 Å². The number of allylic oxidation sites excluding steroid dienone is 1. The minimum absolute atomic E-state index is 0.118. The van der Waals surface area contributed by atoms with Gasteiger partial charge in [0.2, 0.25) is 6.79 Å². The molecule has 0 spiro atoms. The molecule has 210 valence electrons. The predicted octanol–water partition coefficient (Wildman–Crippen LogP) is 5.81. The van der Waals surface area contributed by atoms with Crippen LogP contribution in [0, 0.1) is 0 Å². The van der Waals surface area contributed by atoms with Gasteiger partial charge < -0.3 is 18.6 Å². The van der Waals surface area contributed by atoms with Crippen molar-refractivity contribution in [1.29, 1.82) is 0 Å². The van der Waals surface area contributed by atoms with Crippen LogP contribution in [-0.4, -0.2) is 23.9 Å². The highest BCUT2D eigenvalue weighted by molar-refractivity contribution is 9.10. The molecule has 2 aromatic heterocycles. The third kappa shape index (κ3) is 5.41. The number of carbonyl (C=O) groups is 1. The average molecular weight is 654 g/mol. The summed E-state index contributed by atoms with van der Waals surface area (Å²) in [6, 6.07) is 16.5. The van der Waals surface area contributed by atoms with Gasteiger partial charge in [0.15, 0.2) is 21.4 Å². The number of aromatic nitrogens is 1. The monoisotopic (exact) mass is 652 g/mol. The molecular formula is C30H25BrN2O6S2. The van der Waals surface area contributed by atoms with E-state index < -0.39 is 12.0 Å². The lowest BCUT2D eigenvalue weighted by atomic mass is 9.94. The minimum Gasteiger partial charge on any atom is -0.463 e. The Balaban J connectivity index is 1.49. The first-order valence-electron chi connectivity index (χ1n) is 13.1. The zero-order valence-electron chi connectivity index (χ0n) is 22.2. The molecule has 41 heavy (non-hydrogen) atoms. The van der Waals surface area contributed by atoms with Gasteiger partial charge in [0.05, 0.1) is 32.9 Å². The molecule has 0 aliphatic carbocycles. The Kier molecular flexibility index (Phi) is 7.92. The molecule has 0 saturated carbocycles. The van der Waals surface area contributed by atoms with Gasteiger partial charge >= 0.3 is 5.97 Å². The maximum Gasteiger partial charge on any atom is 0.338 e. The standard InChI is InChI=1S/C30H25BrN2O6S2/c1-3-8-21-25(28(35)36-4-2)26(17-11-12-22-23(13-17)38-16-37-22)33-27(34)24(41-30(33)32-21)15-18-14-20(31)29(39-18)40-19-9-6-5-7-10-19/h5-7,9-15,26H,3-4,8,16H2,1-2H3/b24-15+/t26-/m0/s1. The molecule has 4 heterocycles. The number of thiazole rings is 1. The molecule has 4 aromatic rings. The van der Waals surface area contributed by atoms with Crippen molar-refractivity contribution in [3.63, 3.8) is 0 Å². The van der Waals surface area contributed by atoms with E-state index in [1.165, 1.54) is 23.1 Å². The summed E-state index contributed by atoms with van der Waals surface area (Å²) in [6.07, 6.45) is 3.05. The fourth-order valence-corrected chi connectivity index (χ4v) is 7.11. The Bertz CT molecular complexity index is 1840. The van der Waals surface area contributed by atoms with Gasteiger partial charge in [-0.05, 0) is 65.2 Å². The van der Waals surface area contributed by atoms with Crippen LogP contribution in [0.25, 0.3) is 6.08 Å². The molecule has 0 saturated heterocycles. The van der Waals surface area contributed by atoms with E-state index in [0.717, 1.165) is 15.8 Å². The van der Waals surface area contributed by atoms with E-state index in [1.54, 1.807) is 23.6 Å². The van der Waals surface area contributed by atoms with Crippen molar-refractivity contribution in [1.82, 2.24) is 4.57 Å². The molecule has 2 aliphatic heterocycles. The van der Waals surface area contributed by atoms with E-state index in [0.29, 0.717) is 54.9 Å². The molecule has 2 aliphatic rings. The summed E-state index contributed by atoms with van der Waals surface area (Å²) >= 11 is 6.33. The van der Waals surface area contributed by atoms with E-state index in [9.17, 15) is 9.59 Å². The van der Waals surface area contributed by atoms with Gasteiger partial charge in [-0.15, -0.1) is 0 Å². The summed E-state index contributed by atoms with van der Waals surface area (Å²) in [5.41, 5.74) is 1.40. The number of ether oxygens (including phenoxy) is 3. The molecule has 0 amide bonds. The number of fused-ring (bicyclic) bond motifs is 2. The molecule has 0 unspecified atom stereocenters. The maximum atomic E-state index is 14.0. The molecule has 8 nitrogen and oxygen atoms in total. The first-order chi connectivity index (χ1) is 20.0. The Hall–Kier alpha value is -3.54. The number of esters is 1. The highest BCUT2D eigenvalue weighted by Gasteiger charge is 2.35. The van der Waals surface area contributed by atoms with Gasteiger partial charge in [-0.2, -0.15) is 0 Å². The second kappa shape index (κ2) is 11.8. The highest BCUT2D eigenvalue weighted by atomic mass is 79.9. The van der Waals surface area contributed by atoms with Crippen LogP contribution in [0.4, 0.5) is 0 Å². The zero-order valence-corrected chi connectivity index (χ0v) is 25.4. The van der Waals surface area contributed by atoms with Crippen LogP contribution in [-0.2, 0) is 9.53 Å². The van der Waals surface area contributed by atoms with Crippen molar-refractivity contribution in [2.75, 3.05) is 13.4 Å². The molecule has 0 N–H and O–H groups in total. The molecule has 6 rings (SSSR count). The number of carbonyl (C=O) groups excluding carboxylic acids is 1. The van der Waals surface area contributed by atoms with Crippen molar-refractivity contribution in [2.24, 2.45) is 4.99 Å². The number of hydrogen-bond acceptors (Lipinski definition) is 9. The number of furan rings is 1. The molecular weight excluding hydrogens is 628 g/mol. The van der Waals surface area contributed by atoms with Crippen molar-refractivity contribution >= 4 is 51.1 Å². The Labute approximate surface area is 252 Å².